The molecule has 1 N–H and O–H groups in total. The number of carbonyl (C=O) groups excluding carboxylic acids is 2. The zero-order valence-electron chi connectivity index (χ0n) is 15.3. The second kappa shape index (κ2) is 10.2. The summed E-state index contributed by atoms with van der Waals surface area (Å²) in [6, 6.07) is 17.6. The highest BCUT2D eigenvalue weighted by molar-refractivity contribution is 5.92. The first-order valence-corrected chi connectivity index (χ1v) is 8.81. The number of nitrogens with one attached hydrogen (secondary N) is 1. The quantitative estimate of drug-likeness (QED) is 0.584. The number of hydrogen-bond acceptors (Lipinski definition) is 3. The predicted octanol–water partition coefficient (Wildman–Crippen LogP) is 3.55. The highest BCUT2D eigenvalue weighted by Crippen LogP contribution is 2.10. The molecular formula is C22H25NO3. The summed E-state index contributed by atoms with van der Waals surface area (Å²) in [5.41, 5.74) is 3.16. The van der Waals surface area contributed by atoms with E-state index in [4.69, 9.17) is 4.74 Å². The Kier molecular flexibility index (Phi) is 7.62. The summed E-state index contributed by atoms with van der Waals surface area (Å²) in [6.07, 6.45) is 3.77. The van der Waals surface area contributed by atoms with Crippen molar-refractivity contribution < 1.29 is 14.3 Å². The molecule has 0 spiro atoms. The number of ether oxygens (including phenoxy) is 1. The van der Waals surface area contributed by atoms with Crippen LogP contribution >= 0.6 is 0 Å². The first kappa shape index (κ1) is 19.4. The van der Waals surface area contributed by atoms with Gasteiger partial charge < -0.3 is 10.1 Å². The van der Waals surface area contributed by atoms with Gasteiger partial charge in [0.25, 0.3) is 0 Å². The van der Waals surface area contributed by atoms with Crippen molar-refractivity contribution in [2.75, 3.05) is 13.2 Å². The zero-order chi connectivity index (χ0) is 18.8. The molecule has 0 saturated heterocycles. The summed E-state index contributed by atoms with van der Waals surface area (Å²) in [7, 11) is 0. The minimum absolute atomic E-state index is 0.229. The number of esters is 1. The van der Waals surface area contributed by atoms with Crippen LogP contribution in [0.4, 0.5) is 0 Å². The Morgan fingerprint density at radius 1 is 1.08 bits per heavy atom. The first-order chi connectivity index (χ1) is 12.6. The summed E-state index contributed by atoms with van der Waals surface area (Å²) < 4.78 is 5.14. The molecule has 0 saturated carbocycles. The van der Waals surface area contributed by atoms with E-state index in [9.17, 15) is 9.59 Å². The third-order valence-electron chi connectivity index (χ3n) is 3.97. The molecule has 2 aromatic rings. The number of rotatable bonds is 8. The molecule has 4 nitrogen and oxygen atoms in total. The first-order valence-electron chi connectivity index (χ1n) is 8.81. The van der Waals surface area contributed by atoms with E-state index in [0.717, 1.165) is 11.1 Å². The van der Waals surface area contributed by atoms with Crippen LogP contribution in [0.1, 0.15) is 23.6 Å². The lowest BCUT2D eigenvalue weighted by Crippen LogP contribution is -2.34. The molecule has 0 aliphatic carbocycles. The average molecular weight is 351 g/mol. The Bertz CT molecular complexity index is 736. The van der Waals surface area contributed by atoms with E-state index in [0.29, 0.717) is 13.0 Å². The highest BCUT2D eigenvalue weighted by Gasteiger charge is 2.20. The van der Waals surface area contributed by atoms with Gasteiger partial charge in [0.05, 0.1) is 12.5 Å². The lowest BCUT2D eigenvalue weighted by molar-refractivity contribution is -0.147. The number of aryl methyl sites for hydroxylation is 1. The predicted molar refractivity (Wildman–Crippen MR) is 103 cm³/mol. The van der Waals surface area contributed by atoms with E-state index < -0.39 is 5.92 Å². The van der Waals surface area contributed by atoms with Crippen LogP contribution in [0.15, 0.2) is 60.7 Å². The highest BCUT2D eigenvalue weighted by atomic mass is 16.5. The standard InChI is InChI=1S/C22H25NO3/c1-3-26-22(25)20(15-19-7-5-4-6-8-19)16-23-21(24)14-13-18-11-9-17(2)10-12-18/h4-14,20H,3,15-16H2,1-2H3,(H,23,24)/b14-13+. The van der Waals surface area contributed by atoms with E-state index in [2.05, 4.69) is 5.32 Å². The molecule has 4 heteroatoms. The Balaban J connectivity index is 1.93. The molecule has 1 unspecified atom stereocenters. The summed E-state index contributed by atoms with van der Waals surface area (Å²) in [6.45, 7) is 4.36. The minimum atomic E-state index is -0.408. The van der Waals surface area contributed by atoms with E-state index in [1.165, 1.54) is 11.6 Å². The smallest absolute Gasteiger partial charge is 0.311 e. The normalized spacial score (nSPS) is 11.9. The van der Waals surface area contributed by atoms with Crippen LogP contribution in [-0.4, -0.2) is 25.0 Å². The Hall–Kier alpha value is -2.88. The lowest BCUT2D eigenvalue weighted by Gasteiger charge is -2.16. The number of hydrogen-bond donors (Lipinski definition) is 1. The van der Waals surface area contributed by atoms with Gasteiger partial charge in [-0.3, -0.25) is 9.59 Å². The van der Waals surface area contributed by atoms with Gasteiger partial charge in [-0.05, 0) is 37.5 Å². The van der Waals surface area contributed by atoms with Crippen molar-refractivity contribution in [2.24, 2.45) is 5.92 Å². The van der Waals surface area contributed by atoms with Gasteiger partial charge in [0.2, 0.25) is 5.91 Å². The maximum absolute atomic E-state index is 12.2. The second-order valence-corrected chi connectivity index (χ2v) is 6.13. The molecular weight excluding hydrogens is 326 g/mol. The topological polar surface area (TPSA) is 55.4 Å². The summed E-state index contributed by atoms with van der Waals surface area (Å²) in [4.78, 5) is 24.3. The van der Waals surface area contributed by atoms with Crippen molar-refractivity contribution in [3.8, 4) is 0 Å². The molecule has 0 heterocycles. The SMILES string of the molecule is CCOC(=O)C(CNC(=O)/C=C/c1ccc(C)cc1)Cc1ccccc1. The fourth-order valence-electron chi connectivity index (χ4n) is 2.53. The van der Waals surface area contributed by atoms with E-state index >= 15 is 0 Å². The molecule has 26 heavy (non-hydrogen) atoms. The Morgan fingerprint density at radius 3 is 2.42 bits per heavy atom. The molecule has 0 aliphatic heterocycles. The summed E-state index contributed by atoms with van der Waals surface area (Å²) in [5.74, 6) is -0.929. The third-order valence-corrected chi connectivity index (χ3v) is 3.97. The Morgan fingerprint density at radius 2 is 1.77 bits per heavy atom. The van der Waals surface area contributed by atoms with Crippen molar-refractivity contribution >= 4 is 18.0 Å². The molecule has 136 valence electrons. The van der Waals surface area contributed by atoms with E-state index in [-0.39, 0.29) is 18.4 Å². The van der Waals surface area contributed by atoms with Crippen LogP contribution < -0.4 is 5.32 Å². The van der Waals surface area contributed by atoms with Gasteiger partial charge in [0, 0.05) is 12.6 Å². The van der Waals surface area contributed by atoms with Gasteiger partial charge in [-0.2, -0.15) is 0 Å². The van der Waals surface area contributed by atoms with E-state index in [1.807, 2.05) is 61.5 Å². The van der Waals surface area contributed by atoms with E-state index in [1.54, 1.807) is 13.0 Å². The molecule has 2 rings (SSSR count). The lowest BCUT2D eigenvalue weighted by atomic mass is 9.99. The average Bonchev–Trinajstić information content (AvgIpc) is 2.65. The van der Waals surface area contributed by atoms with Crippen molar-refractivity contribution in [1.82, 2.24) is 5.32 Å². The van der Waals surface area contributed by atoms with Gasteiger partial charge in [0.15, 0.2) is 0 Å². The van der Waals surface area contributed by atoms with Gasteiger partial charge >= 0.3 is 5.97 Å². The maximum Gasteiger partial charge on any atom is 0.311 e. The Labute approximate surface area is 154 Å². The van der Waals surface area contributed by atoms with Crippen molar-refractivity contribution in [3.05, 3.63) is 77.4 Å². The van der Waals surface area contributed by atoms with Crippen LogP contribution in [0.25, 0.3) is 6.08 Å². The molecule has 0 fully saturated rings. The van der Waals surface area contributed by atoms with Crippen molar-refractivity contribution in [2.45, 2.75) is 20.3 Å². The van der Waals surface area contributed by atoms with Crippen LogP contribution in [0.3, 0.4) is 0 Å². The van der Waals surface area contributed by atoms with Gasteiger partial charge in [-0.25, -0.2) is 0 Å². The van der Waals surface area contributed by atoms with Crippen LogP contribution in [-0.2, 0) is 20.7 Å². The molecule has 0 radical (unpaired) electrons. The number of amides is 1. The summed E-state index contributed by atoms with van der Waals surface area (Å²) >= 11 is 0. The molecule has 2 aromatic carbocycles. The van der Waals surface area contributed by atoms with Crippen molar-refractivity contribution in [1.29, 1.82) is 0 Å². The maximum atomic E-state index is 12.2. The van der Waals surface area contributed by atoms with Gasteiger partial charge in [0.1, 0.15) is 0 Å². The second-order valence-electron chi connectivity index (χ2n) is 6.13. The molecule has 1 atom stereocenters. The largest absolute Gasteiger partial charge is 0.466 e. The minimum Gasteiger partial charge on any atom is -0.466 e. The molecule has 0 aliphatic rings. The number of benzene rings is 2. The monoisotopic (exact) mass is 351 g/mol. The number of carbonyl (C=O) groups is 2. The van der Waals surface area contributed by atoms with Gasteiger partial charge in [-0.15, -0.1) is 0 Å². The molecule has 1 amide bonds. The van der Waals surface area contributed by atoms with Crippen molar-refractivity contribution in [3.63, 3.8) is 0 Å². The molecule has 0 bridgehead atoms. The zero-order valence-corrected chi connectivity index (χ0v) is 15.3. The van der Waals surface area contributed by atoms with Crippen LogP contribution in [0.5, 0.6) is 0 Å². The van der Waals surface area contributed by atoms with Crippen LogP contribution in [0.2, 0.25) is 0 Å². The van der Waals surface area contributed by atoms with Gasteiger partial charge in [-0.1, -0.05) is 60.2 Å². The van der Waals surface area contributed by atoms with Crippen LogP contribution in [0, 0.1) is 12.8 Å². The summed E-state index contributed by atoms with van der Waals surface area (Å²) in [5, 5.41) is 2.80. The molecule has 0 aromatic heterocycles. The fourth-order valence-corrected chi connectivity index (χ4v) is 2.53. The third kappa shape index (κ3) is 6.55. The fraction of sp³-hybridized carbons (Fsp3) is 0.273.